The lowest BCUT2D eigenvalue weighted by molar-refractivity contribution is -0.385. The molecule has 0 unspecified atom stereocenters. The molecule has 0 fully saturated rings. The molecular weight excluding hydrogens is 618 g/mol. The zero-order valence-electron chi connectivity index (χ0n) is 24.4. The first-order valence-corrected chi connectivity index (χ1v) is 15.2. The second-order valence-corrected chi connectivity index (χ2v) is 11.0. The van der Waals surface area contributed by atoms with Crippen molar-refractivity contribution in [1.29, 1.82) is 0 Å². The molecular formula is C31H36BrN5O6. The monoisotopic (exact) mass is 653 g/mol. The van der Waals surface area contributed by atoms with Gasteiger partial charge in [-0.2, -0.15) is 0 Å². The molecule has 4 amide bonds. The van der Waals surface area contributed by atoms with Crippen LogP contribution in [0.15, 0.2) is 59.3 Å². The fraction of sp³-hybridized carbons (Fsp3) is 0.387. The Balaban J connectivity index is 1.75. The van der Waals surface area contributed by atoms with Crippen LogP contribution in [-0.2, 0) is 4.79 Å². The lowest BCUT2D eigenvalue weighted by Gasteiger charge is -2.22. The molecule has 12 heteroatoms. The molecule has 0 aliphatic carbocycles. The highest BCUT2D eigenvalue weighted by molar-refractivity contribution is 9.10. The summed E-state index contributed by atoms with van der Waals surface area (Å²) in [5.74, 6) is -1.07. The third-order valence-corrected chi connectivity index (χ3v) is 7.14. The quantitative estimate of drug-likeness (QED) is 0.0985. The number of aryl methyl sites for hydroxylation is 1. The number of nitro groups is 1. The summed E-state index contributed by atoms with van der Waals surface area (Å²) in [5.41, 5.74) is 0.0626. The Bertz CT molecular complexity index is 1420. The molecule has 1 heterocycles. The zero-order valence-corrected chi connectivity index (χ0v) is 26.0. The number of rotatable bonds is 15. The number of amides is 4. The second kappa shape index (κ2) is 17.1. The second-order valence-electron chi connectivity index (χ2n) is 10.1. The predicted molar refractivity (Wildman–Crippen MR) is 166 cm³/mol. The number of para-hydroxylation sites is 1. The van der Waals surface area contributed by atoms with Crippen molar-refractivity contribution < 1.29 is 24.0 Å². The number of benzene rings is 2. The number of hydrogen-bond acceptors (Lipinski definition) is 8. The number of carbonyl (C=O) groups excluding carboxylic acids is 3. The van der Waals surface area contributed by atoms with Gasteiger partial charge >= 0.3 is 12.0 Å². The van der Waals surface area contributed by atoms with Gasteiger partial charge in [0.25, 0.3) is 11.6 Å². The molecule has 11 nitrogen and oxygen atoms in total. The first kappa shape index (κ1) is 33.3. The molecule has 1 N–H and O–H groups in total. The molecule has 0 saturated carbocycles. The number of hydrogen-bond donors (Lipinski definition) is 1. The van der Waals surface area contributed by atoms with Crippen LogP contribution in [0.2, 0.25) is 0 Å². The van der Waals surface area contributed by atoms with E-state index in [1.807, 2.05) is 0 Å². The van der Waals surface area contributed by atoms with E-state index in [1.165, 1.54) is 68.4 Å². The maximum atomic E-state index is 13.4. The summed E-state index contributed by atoms with van der Waals surface area (Å²) < 4.78 is 6.44. The smallest absolute Gasteiger partial charge is 0.335 e. The Labute approximate surface area is 259 Å². The van der Waals surface area contributed by atoms with Crippen molar-refractivity contribution in [3.8, 4) is 11.8 Å². The molecule has 3 rings (SSSR count). The first-order valence-electron chi connectivity index (χ1n) is 14.4. The summed E-state index contributed by atoms with van der Waals surface area (Å²) in [4.78, 5) is 59.4. The van der Waals surface area contributed by atoms with E-state index in [9.17, 15) is 24.5 Å². The average Bonchev–Trinajstić information content (AvgIpc) is 2.98. The molecule has 228 valence electrons. The van der Waals surface area contributed by atoms with E-state index in [0.717, 1.165) is 30.6 Å². The van der Waals surface area contributed by atoms with Crippen LogP contribution >= 0.6 is 15.9 Å². The summed E-state index contributed by atoms with van der Waals surface area (Å²) in [7, 11) is 0. The molecule has 0 spiro atoms. The van der Waals surface area contributed by atoms with E-state index in [-0.39, 0.29) is 23.7 Å². The summed E-state index contributed by atoms with van der Waals surface area (Å²) in [6.45, 7) is 3.92. The van der Waals surface area contributed by atoms with Crippen LogP contribution in [0.1, 0.15) is 87.1 Å². The van der Waals surface area contributed by atoms with Gasteiger partial charge in [-0.3, -0.25) is 25.0 Å². The molecule has 0 atom stereocenters. The number of anilines is 1. The Hall–Kier alpha value is -4.19. The summed E-state index contributed by atoms with van der Waals surface area (Å²) in [6.07, 6.45) is 12.7. The standard InChI is InChI=1S/C31H36BrN5O6/c1-3-4-5-6-7-8-9-10-11-16-28(38)36(31(40)35-29(39)25-14-12-13-15-26(25)37(41)42)24-17-18-27(22(2)19-24)43-30-33-20-23(32)21-34-30/h12-15,17-21H,3-11,16H2,1-2H3,(H,35,39,40). The number of nitrogens with one attached hydrogen (secondary N) is 1. The van der Waals surface area contributed by atoms with Gasteiger partial charge in [-0.25, -0.2) is 19.7 Å². The van der Waals surface area contributed by atoms with Crippen molar-refractivity contribution in [3.63, 3.8) is 0 Å². The highest BCUT2D eigenvalue weighted by atomic mass is 79.9. The summed E-state index contributed by atoms with van der Waals surface area (Å²) in [5, 5.41) is 13.6. The maximum Gasteiger partial charge on any atom is 0.335 e. The number of carbonyl (C=O) groups is 3. The normalized spacial score (nSPS) is 10.7. The topological polar surface area (TPSA) is 145 Å². The number of urea groups is 1. The largest absolute Gasteiger partial charge is 0.424 e. The van der Waals surface area contributed by atoms with Crippen molar-refractivity contribution >= 4 is 45.2 Å². The fourth-order valence-electron chi connectivity index (χ4n) is 4.46. The van der Waals surface area contributed by atoms with E-state index >= 15 is 0 Å². The van der Waals surface area contributed by atoms with Gasteiger partial charge in [0, 0.05) is 24.9 Å². The number of halogens is 1. The van der Waals surface area contributed by atoms with Gasteiger partial charge in [0.15, 0.2) is 0 Å². The van der Waals surface area contributed by atoms with Gasteiger partial charge in [0.1, 0.15) is 11.3 Å². The lowest BCUT2D eigenvalue weighted by Crippen LogP contribution is -2.46. The van der Waals surface area contributed by atoms with E-state index in [4.69, 9.17) is 4.74 Å². The van der Waals surface area contributed by atoms with Crippen molar-refractivity contribution in [2.24, 2.45) is 0 Å². The van der Waals surface area contributed by atoms with E-state index in [0.29, 0.717) is 22.2 Å². The van der Waals surface area contributed by atoms with Gasteiger partial charge in [-0.15, -0.1) is 0 Å². The Morgan fingerprint density at radius 2 is 1.58 bits per heavy atom. The molecule has 2 aromatic carbocycles. The van der Waals surface area contributed by atoms with Gasteiger partial charge in [0.2, 0.25) is 5.91 Å². The van der Waals surface area contributed by atoms with Crippen molar-refractivity contribution in [2.75, 3.05) is 4.90 Å². The SMILES string of the molecule is CCCCCCCCCCCC(=O)N(C(=O)NC(=O)c1ccccc1[N+](=O)[O-])c1ccc(Oc2ncc(Br)cn2)c(C)c1. The van der Waals surface area contributed by atoms with Crippen LogP contribution in [0.4, 0.5) is 16.2 Å². The van der Waals surface area contributed by atoms with Gasteiger partial charge in [-0.1, -0.05) is 70.4 Å². The first-order chi connectivity index (χ1) is 20.7. The average molecular weight is 655 g/mol. The molecule has 0 radical (unpaired) electrons. The molecule has 3 aromatic rings. The maximum absolute atomic E-state index is 13.4. The van der Waals surface area contributed by atoms with E-state index in [1.54, 1.807) is 19.1 Å². The van der Waals surface area contributed by atoms with E-state index in [2.05, 4.69) is 38.1 Å². The number of nitro benzene ring substituents is 1. The highest BCUT2D eigenvalue weighted by Crippen LogP contribution is 2.28. The fourth-order valence-corrected chi connectivity index (χ4v) is 4.66. The van der Waals surface area contributed by atoms with Gasteiger partial charge < -0.3 is 4.74 Å². The number of aromatic nitrogens is 2. The Morgan fingerprint density at radius 3 is 2.21 bits per heavy atom. The Kier molecular flexibility index (Phi) is 13.2. The number of imide groups is 2. The molecule has 1 aromatic heterocycles. The minimum absolute atomic E-state index is 0.0902. The van der Waals surface area contributed by atoms with Crippen LogP contribution in [0, 0.1) is 17.0 Å². The number of ether oxygens (including phenoxy) is 1. The third kappa shape index (κ3) is 10.2. The van der Waals surface area contributed by atoms with E-state index < -0.39 is 28.5 Å². The zero-order chi connectivity index (χ0) is 31.2. The van der Waals surface area contributed by atoms with Gasteiger partial charge in [0.05, 0.1) is 15.1 Å². The number of unbranched alkanes of at least 4 members (excludes halogenated alkanes) is 8. The van der Waals surface area contributed by atoms with Crippen LogP contribution < -0.4 is 15.0 Å². The molecule has 0 aliphatic heterocycles. The minimum Gasteiger partial charge on any atom is -0.424 e. The highest BCUT2D eigenvalue weighted by Gasteiger charge is 2.28. The molecule has 0 saturated heterocycles. The van der Waals surface area contributed by atoms with Gasteiger partial charge in [-0.05, 0) is 59.1 Å². The van der Waals surface area contributed by atoms with Crippen molar-refractivity contribution in [2.45, 2.75) is 78.1 Å². The third-order valence-electron chi connectivity index (χ3n) is 6.73. The minimum atomic E-state index is -1.01. The van der Waals surface area contributed by atoms with Crippen molar-refractivity contribution in [1.82, 2.24) is 15.3 Å². The number of nitrogens with zero attached hydrogens (tertiary/aromatic N) is 4. The summed E-state index contributed by atoms with van der Waals surface area (Å²) >= 11 is 3.27. The molecule has 43 heavy (non-hydrogen) atoms. The van der Waals surface area contributed by atoms with Crippen LogP contribution in [-0.4, -0.2) is 32.7 Å². The Morgan fingerprint density at radius 1 is 0.953 bits per heavy atom. The summed E-state index contributed by atoms with van der Waals surface area (Å²) in [6, 6.07) is 9.07. The van der Waals surface area contributed by atoms with Crippen molar-refractivity contribution in [3.05, 3.63) is 80.6 Å². The predicted octanol–water partition coefficient (Wildman–Crippen LogP) is 8.05. The van der Waals surface area contributed by atoms with Crippen LogP contribution in [0.25, 0.3) is 0 Å². The molecule has 0 aliphatic rings. The lowest BCUT2D eigenvalue weighted by atomic mass is 10.1. The van der Waals surface area contributed by atoms with Crippen LogP contribution in [0.3, 0.4) is 0 Å². The molecule has 0 bridgehead atoms. The van der Waals surface area contributed by atoms with Crippen LogP contribution in [0.5, 0.6) is 11.8 Å².